The molecule has 1 aliphatic carbocycles. The third-order valence-corrected chi connectivity index (χ3v) is 4.40. The van der Waals surface area contributed by atoms with Gasteiger partial charge >= 0.3 is 0 Å². The quantitative estimate of drug-likeness (QED) is 0.834. The second-order valence-corrected chi connectivity index (χ2v) is 6.39. The van der Waals surface area contributed by atoms with E-state index in [2.05, 4.69) is 51.2 Å². The molecule has 2 aromatic rings. The van der Waals surface area contributed by atoms with Crippen LogP contribution in [0.3, 0.4) is 0 Å². The van der Waals surface area contributed by atoms with E-state index in [9.17, 15) is 0 Å². The summed E-state index contributed by atoms with van der Waals surface area (Å²) >= 11 is 0. The van der Waals surface area contributed by atoms with Gasteiger partial charge in [0.15, 0.2) is 0 Å². The highest BCUT2D eigenvalue weighted by molar-refractivity contribution is 5.85. The Morgan fingerprint density at radius 3 is 2.65 bits per heavy atom. The highest BCUT2D eigenvalue weighted by Gasteiger charge is 2.34. The molecule has 0 saturated heterocycles. The van der Waals surface area contributed by atoms with E-state index in [-0.39, 0.29) is 0 Å². The Morgan fingerprint density at radius 2 is 2.05 bits per heavy atom. The molecule has 108 valence electrons. The first kappa shape index (κ1) is 13.7. The van der Waals surface area contributed by atoms with E-state index < -0.39 is 0 Å². The van der Waals surface area contributed by atoms with Crippen molar-refractivity contribution in [2.75, 3.05) is 6.54 Å². The molecule has 1 N–H and O–H groups in total. The Bertz CT molecular complexity index is 607. The number of rotatable bonds is 5. The molecular formula is C18H25NO. The zero-order valence-electron chi connectivity index (χ0n) is 13.0. The lowest BCUT2D eigenvalue weighted by Crippen LogP contribution is -2.21. The van der Waals surface area contributed by atoms with Crippen LogP contribution in [-0.4, -0.2) is 6.54 Å². The van der Waals surface area contributed by atoms with Gasteiger partial charge in [-0.15, -0.1) is 0 Å². The first-order chi connectivity index (χ1) is 9.61. The maximum Gasteiger partial charge on any atom is 0.138 e. The van der Waals surface area contributed by atoms with Gasteiger partial charge in [-0.25, -0.2) is 0 Å². The van der Waals surface area contributed by atoms with Gasteiger partial charge < -0.3 is 9.73 Å². The number of fused-ring (bicyclic) bond motifs is 1. The zero-order valence-corrected chi connectivity index (χ0v) is 13.0. The summed E-state index contributed by atoms with van der Waals surface area (Å²) in [7, 11) is 0. The summed E-state index contributed by atoms with van der Waals surface area (Å²) in [6, 6.07) is 7.10. The van der Waals surface area contributed by atoms with Gasteiger partial charge in [0.25, 0.3) is 0 Å². The number of benzene rings is 1. The Morgan fingerprint density at radius 1 is 1.30 bits per heavy atom. The Kier molecular flexibility index (Phi) is 3.59. The summed E-state index contributed by atoms with van der Waals surface area (Å²) in [6.45, 7) is 9.80. The monoisotopic (exact) mass is 271 g/mol. The lowest BCUT2D eigenvalue weighted by atomic mass is 9.98. The molecule has 3 rings (SSSR count). The minimum atomic E-state index is 0.395. The van der Waals surface area contributed by atoms with Crippen LogP contribution in [0.5, 0.6) is 0 Å². The van der Waals surface area contributed by atoms with Gasteiger partial charge in [-0.05, 0) is 55.3 Å². The Balaban J connectivity index is 2.08. The SMILES string of the molecule is CCNC(c1cc2c(C)ccc(C(C)C)c2o1)C1CC1. The largest absolute Gasteiger partial charge is 0.459 e. The maximum absolute atomic E-state index is 6.29. The fourth-order valence-corrected chi connectivity index (χ4v) is 3.05. The highest BCUT2D eigenvalue weighted by atomic mass is 16.3. The van der Waals surface area contributed by atoms with Crippen molar-refractivity contribution in [1.82, 2.24) is 5.32 Å². The molecule has 0 amide bonds. The van der Waals surface area contributed by atoms with Crippen molar-refractivity contribution in [3.63, 3.8) is 0 Å². The van der Waals surface area contributed by atoms with E-state index >= 15 is 0 Å². The van der Waals surface area contributed by atoms with Crippen molar-refractivity contribution >= 4 is 11.0 Å². The molecule has 2 nitrogen and oxygen atoms in total. The molecule has 0 radical (unpaired) electrons. The molecule has 1 aromatic heterocycles. The van der Waals surface area contributed by atoms with Crippen LogP contribution in [0.4, 0.5) is 0 Å². The zero-order chi connectivity index (χ0) is 14.3. The molecule has 0 aliphatic heterocycles. The van der Waals surface area contributed by atoms with Crippen LogP contribution in [-0.2, 0) is 0 Å². The highest BCUT2D eigenvalue weighted by Crippen LogP contribution is 2.43. The summed E-state index contributed by atoms with van der Waals surface area (Å²) in [6.07, 6.45) is 2.65. The average molecular weight is 271 g/mol. The summed E-state index contributed by atoms with van der Waals surface area (Å²) < 4.78 is 6.29. The van der Waals surface area contributed by atoms with Crippen molar-refractivity contribution in [3.8, 4) is 0 Å². The average Bonchev–Trinajstić information content (AvgIpc) is 3.14. The lowest BCUT2D eigenvalue weighted by molar-refractivity contribution is 0.402. The molecule has 0 bridgehead atoms. The predicted octanol–water partition coefficient (Wildman–Crippen LogP) is 4.93. The molecule has 1 aliphatic rings. The van der Waals surface area contributed by atoms with E-state index in [1.54, 1.807) is 0 Å². The van der Waals surface area contributed by atoms with Crippen LogP contribution >= 0.6 is 0 Å². The van der Waals surface area contributed by atoms with Crippen LogP contribution in [0.1, 0.15) is 62.5 Å². The van der Waals surface area contributed by atoms with Crippen LogP contribution < -0.4 is 5.32 Å². The number of nitrogens with one attached hydrogen (secondary N) is 1. The van der Waals surface area contributed by atoms with Gasteiger partial charge in [0.05, 0.1) is 6.04 Å². The van der Waals surface area contributed by atoms with Crippen molar-refractivity contribution < 1.29 is 4.42 Å². The van der Waals surface area contributed by atoms with Gasteiger partial charge in [0.2, 0.25) is 0 Å². The fraction of sp³-hybridized carbons (Fsp3) is 0.556. The third-order valence-electron chi connectivity index (χ3n) is 4.40. The molecule has 1 fully saturated rings. The minimum Gasteiger partial charge on any atom is -0.459 e. The smallest absolute Gasteiger partial charge is 0.138 e. The molecule has 1 unspecified atom stereocenters. The lowest BCUT2D eigenvalue weighted by Gasteiger charge is -2.14. The fourth-order valence-electron chi connectivity index (χ4n) is 3.05. The number of hydrogen-bond acceptors (Lipinski definition) is 2. The molecule has 0 spiro atoms. The molecular weight excluding hydrogens is 246 g/mol. The number of hydrogen-bond donors (Lipinski definition) is 1. The van der Waals surface area contributed by atoms with Crippen molar-refractivity contribution in [2.24, 2.45) is 5.92 Å². The minimum absolute atomic E-state index is 0.395. The summed E-state index contributed by atoms with van der Waals surface area (Å²) in [4.78, 5) is 0. The van der Waals surface area contributed by atoms with E-state index in [4.69, 9.17) is 4.42 Å². The first-order valence-electron chi connectivity index (χ1n) is 7.88. The van der Waals surface area contributed by atoms with E-state index in [0.29, 0.717) is 12.0 Å². The van der Waals surface area contributed by atoms with E-state index in [1.807, 2.05) is 0 Å². The van der Waals surface area contributed by atoms with Crippen LogP contribution in [0.25, 0.3) is 11.0 Å². The topological polar surface area (TPSA) is 25.2 Å². The van der Waals surface area contributed by atoms with Gasteiger partial charge in [-0.3, -0.25) is 0 Å². The standard InChI is InChI=1S/C18H25NO/c1-5-19-17(13-7-8-13)16-10-15-12(4)6-9-14(11(2)3)18(15)20-16/h6,9-11,13,17,19H,5,7-8H2,1-4H3. The maximum atomic E-state index is 6.29. The van der Waals surface area contributed by atoms with Crippen LogP contribution in [0.2, 0.25) is 0 Å². The van der Waals surface area contributed by atoms with Gasteiger partial charge in [0, 0.05) is 5.39 Å². The van der Waals surface area contributed by atoms with Gasteiger partial charge in [-0.1, -0.05) is 32.9 Å². The van der Waals surface area contributed by atoms with Crippen molar-refractivity contribution in [3.05, 3.63) is 35.1 Å². The molecule has 1 saturated carbocycles. The Hall–Kier alpha value is -1.28. The molecule has 1 atom stereocenters. The predicted molar refractivity (Wildman–Crippen MR) is 84.2 cm³/mol. The van der Waals surface area contributed by atoms with Crippen molar-refractivity contribution in [1.29, 1.82) is 0 Å². The van der Waals surface area contributed by atoms with E-state index in [0.717, 1.165) is 23.8 Å². The molecule has 20 heavy (non-hydrogen) atoms. The normalized spacial score (nSPS) is 17.1. The Labute approximate surface area is 121 Å². The molecule has 2 heteroatoms. The third kappa shape index (κ3) is 2.37. The molecule has 1 aromatic carbocycles. The number of aryl methyl sites for hydroxylation is 1. The first-order valence-corrected chi connectivity index (χ1v) is 7.88. The second-order valence-electron chi connectivity index (χ2n) is 6.39. The van der Waals surface area contributed by atoms with Gasteiger partial charge in [0.1, 0.15) is 11.3 Å². The van der Waals surface area contributed by atoms with E-state index in [1.165, 1.54) is 29.4 Å². The summed E-state index contributed by atoms with van der Waals surface area (Å²) in [5.41, 5.74) is 3.73. The van der Waals surface area contributed by atoms with Crippen LogP contribution in [0, 0.1) is 12.8 Å². The van der Waals surface area contributed by atoms with Gasteiger partial charge in [-0.2, -0.15) is 0 Å². The molecule has 1 heterocycles. The summed E-state index contributed by atoms with van der Waals surface area (Å²) in [5, 5.41) is 4.88. The summed E-state index contributed by atoms with van der Waals surface area (Å²) in [5.74, 6) is 2.38. The second kappa shape index (κ2) is 5.25. The van der Waals surface area contributed by atoms with Crippen molar-refractivity contribution in [2.45, 2.75) is 52.5 Å². The van der Waals surface area contributed by atoms with Crippen LogP contribution in [0.15, 0.2) is 22.6 Å². The number of furan rings is 1.